The van der Waals surface area contributed by atoms with Crippen LogP contribution in [0.1, 0.15) is 37.7 Å². The summed E-state index contributed by atoms with van der Waals surface area (Å²) in [7, 11) is 3.82. The molecule has 1 aliphatic carbocycles. The van der Waals surface area contributed by atoms with Crippen molar-refractivity contribution in [3.63, 3.8) is 0 Å². The summed E-state index contributed by atoms with van der Waals surface area (Å²) < 4.78 is 49.6. The number of terminal acetylenes is 1. The molecule has 2 unspecified atom stereocenters. The van der Waals surface area contributed by atoms with Gasteiger partial charge in [0.1, 0.15) is 22.9 Å². The Labute approximate surface area is 267 Å². The van der Waals surface area contributed by atoms with E-state index in [0.29, 0.717) is 60.9 Å². The van der Waals surface area contributed by atoms with Crippen molar-refractivity contribution in [2.75, 3.05) is 58.5 Å². The van der Waals surface area contributed by atoms with Crippen LogP contribution in [0.25, 0.3) is 32.8 Å². The van der Waals surface area contributed by atoms with Crippen molar-refractivity contribution in [2.45, 2.75) is 44.2 Å². The van der Waals surface area contributed by atoms with Crippen molar-refractivity contribution >= 4 is 27.5 Å². The van der Waals surface area contributed by atoms with E-state index in [9.17, 15) is 9.50 Å². The lowest BCUT2D eigenvalue weighted by Gasteiger charge is -2.44. The quantitative estimate of drug-likeness (QED) is 0.264. The molecule has 3 fully saturated rings. The monoisotopic (exact) mass is 628 g/mol. The van der Waals surface area contributed by atoms with Crippen molar-refractivity contribution in [3.05, 3.63) is 53.6 Å². The lowest BCUT2D eigenvalue weighted by atomic mass is 9.76. The Morgan fingerprint density at radius 1 is 1.11 bits per heavy atom. The molecule has 8 nitrogen and oxygen atoms in total. The number of fused-ring (bicyclic) bond motifs is 3. The average Bonchev–Trinajstić information content (AvgIpc) is 3.35. The zero-order valence-electron chi connectivity index (χ0n) is 26.2. The summed E-state index contributed by atoms with van der Waals surface area (Å²) in [6, 6.07) is 9.54. The van der Waals surface area contributed by atoms with Crippen molar-refractivity contribution < 1.29 is 28.1 Å². The summed E-state index contributed by atoms with van der Waals surface area (Å²) in [5.41, 5.74) is 0.457. The van der Waals surface area contributed by atoms with Crippen LogP contribution in [0.5, 0.6) is 11.8 Å². The molecule has 3 aliphatic rings. The van der Waals surface area contributed by atoms with Gasteiger partial charge in [-0.1, -0.05) is 24.5 Å². The molecule has 2 saturated heterocycles. The molecule has 1 N–H and O–H groups in total. The SMILES string of the molecule is C#Cc1c(F)ccc2cc(O)cc(-c3ccc4c(N5CCOCC(OC)C5)nc(OCC56CCC[C@H]5N(C)CCC6)nc4c3F)c12. The molecule has 7 rings (SSSR count). The second-order valence-electron chi connectivity index (χ2n) is 12.8. The van der Waals surface area contributed by atoms with E-state index in [4.69, 9.17) is 25.6 Å². The lowest BCUT2D eigenvalue weighted by Crippen LogP contribution is -2.50. The van der Waals surface area contributed by atoms with Crippen LogP contribution in [0.4, 0.5) is 14.6 Å². The van der Waals surface area contributed by atoms with E-state index in [1.54, 1.807) is 19.2 Å². The molecule has 3 atom stereocenters. The normalized spacial score (nSPS) is 23.8. The number of aromatic nitrogens is 2. The molecule has 1 saturated carbocycles. The number of phenols is 1. The number of benzene rings is 3. The summed E-state index contributed by atoms with van der Waals surface area (Å²) in [5.74, 6) is 1.60. The van der Waals surface area contributed by atoms with Crippen molar-refractivity contribution in [1.29, 1.82) is 0 Å². The third-order valence-corrected chi connectivity index (χ3v) is 10.2. The number of anilines is 1. The summed E-state index contributed by atoms with van der Waals surface area (Å²) in [5, 5.41) is 11.9. The Kier molecular flexibility index (Phi) is 8.17. The van der Waals surface area contributed by atoms with Crippen LogP contribution < -0.4 is 9.64 Å². The van der Waals surface area contributed by atoms with E-state index in [0.717, 1.165) is 38.6 Å². The molecule has 3 aromatic carbocycles. The van der Waals surface area contributed by atoms with Gasteiger partial charge in [-0.15, -0.1) is 6.42 Å². The first-order valence-electron chi connectivity index (χ1n) is 15.9. The molecule has 0 spiro atoms. The summed E-state index contributed by atoms with van der Waals surface area (Å²) in [6.07, 6.45) is 11.0. The van der Waals surface area contributed by atoms with Crippen LogP contribution in [-0.4, -0.2) is 85.7 Å². The van der Waals surface area contributed by atoms with Gasteiger partial charge in [0.2, 0.25) is 0 Å². The van der Waals surface area contributed by atoms with E-state index in [2.05, 4.69) is 22.9 Å². The van der Waals surface area contributed by atoms with Crippen LogP contribution in [0.15, 0.2) is 36.4 Å². The minimum absolute atomic E-state index is 0.000355. The highest BCUT2D eigenvalue weighted by Crippen LogP contribution is 2.47. The van der Waals surface area contributed by atoms with Crippen molar-refractivity contribution in [1.82, 2.24) is 14.9 Å². The first-order valence-corrected chi connectivity index (χ1v) is 15.9. The zero-order valence-corrected chi connectivity index (χ0v) is 26.2. The number of methoxy groups -OCH3 is 1. The smallest absolute Gasteiger partial charge is 0.319 e. The average molecular weight is 629 g/mol. The molecular formula is C36H38F2N4O4. The third kappa shape index (κ3) is 5.30. The number of rotatable bonds is 6. The lowest BCUT2D eigenvalue weighted by molar-refractivity contribution is 0.0133. The molecule has 2 aliphatic heterocycles. The van der Waals surface area contributed by atoms with Gasteiger partial charge < -0.3 is 29.1 Å². The zero-order chi connectivity index (χ0) is 32.0. The number of halogens is 2. The van der Waals surface area contributed by atoms with Gasteiger partial charge in [0.25, 0.3) is 0 Å². The number of hydrogen-bond acceptors (Lipinski definition) is 8. The van der Waals surface area contributed by atoms with Gasteiger partial charge >= 0.3 is 6.01 Å². The number of aromatic hydroxyl groups is 1. The molecule has 0 radical (unpaired) electrons. The second-order valence-corrected chi connectivity index (χ2v) is 12.8. The molecule has 4 aromatic rings. The van der Waals surface area contributed by atoms with E-state index in [1.165, 1.54) is 24.3 Å². The van der Waals surface area contributed by atoms with E-state index in [1.807, 2.05) is 4.90 Å². The summed E-state index contributed by atoms with van der Waals surface area (Å²) in [4.78, 5) is 14.0. The highest BCUT2D eigenvalue weighted by Gasteiger charge is 2.47. The van der Waals surface area contributed by atoms with Gasteiger partial charge in [0.05, 0.1) is 31.5 Å². The topological polar surface area (TPSA) is 80.2 Å². The van der Waals surface area contributed by atoms with Crippen LogP contribution in [0.3, 0.4) is 0 Å². The molecule has 1 aromatic heterocycles. The third-order valence-electron chi connectivity index (χ3n) is 10.2. The minimum atomic E-state index is -0.645. The van der Waals surface area contributed by atoms with Crippen LogP contribution in [-0.2, 0) is 9.47 Å². The van der Waals surface area contributed by atoms with E-state index >= 15 is 4.39 Å². The standard InChI is InChI=1S/C36H38F2N4O4/c1-4-25-29(37)11-8-22-17-23(43)18-28(31(22)25)26-9-10-27-33(32(26)38)39-35(40-34(27)42-15-16-45-20-24(19-42)44-3)46-21-36-12-5-7-30(36)41(2)14-6-13-36/h1,8-11,17-18,24,30,43H,5-7,12-16,19-21H2,2-3H3/t24?,30-,36?/m1/s1. The summed E-state index contributed by atoms with van der Waals surface area (Å²) in [6.45, 7) is 3.42. The Balaban J connectivity index is 1.38. The van der Waals surface area contributed by atoms with Gasteiger partial charge in [0.15, 0.2) is 5.82 Å². The van der Waals surface area contributed by atoms with Gasteiger partial charge in [0, 0.05) is 48.0 Å². The fourth-order valence-electron chi connectivity index (χ4n) is 7.92. The number of phenolic OH excluding ortho intramolecular Hbond substituents is 1. The predicted octanol–water partition coefficient (Wildman–Crippen LogP) is 5.91. The number of likely N-dealkylation sites (tertiary alicyclic amines) is 1. The van der Waals surface area contributed by atoms with Gasteiger partial charge in [-0.05, 0) is 74.5 Å². The molecule has 0 amide bonds. The molecule has 10 heteroatoms. The van der Waals surface area contributed by atoms with Crippen molar-refractivity contribution in [2.24, 2.45) is 5.41 Å². The van der Waals surface area contributed by atoms with Crippen molar-refractivity contribution in [3.8, 4) is 35.2 Å². The molecule has 3 heterocycles. The summed E-state index contributed by atoms with van der Waals surface area (Å²) >= 11 is 0. The number of nitrogens with zero attached hydrogens (tertiary/aromatic N) is 4. The maximum absolute atomic E-state index is 16.9. The van der Waals surface area contributed by atoms with Gasteiger partial charge in [-0.3, -0.25) is 0 Å². The van der Waals surface area contributed by atoms with Crippen LogP contribution in [0, 0.1) is 29.4 Å². The largest absolute Gasteiger partial charge is 0.508 e. The van der Waals surface area contributed by atoms with Crippen LogP contribution >= 0.6 is 0 Å². The number of piperidine rings is 1. The number of hydrogen-bond donors (Lipinski definition) is 1. The highest BCUT2D eigenvalue weighted by atomic mass is 19.1. The van der Waals surface area contributed by atoms with Gasteiger partial charge in [-0.2, -0.15) is 9.97 Å². The Hall–Kier alpha value is -4.04. The highest BCUT2D eigenvalue weighted by molar-refractivity contribution is 6.04. The van der Waals surface area contributed by atoms with E-state index < -0.39 is 11.6 Å². The Morgan fingerprint density at radius 3 is 2.78 bits per heavy atom. The number of ether oxygens (including phenoxy) is 3. The Bertz CT molecular complexity index is 1850. The molecule has 0 bridgehead atoms. The molecular weight excluding hydrogens is 590 g/mol. The fourth-order valence-corrected chi connectivity index (χ4v) is 7.92. The first-order chi connectivity index (χ1) is 22.3. The predicted molar refractivity (Wildman–Crippen MR) is 173 cm³/mol. The second kappa shape index (κ2) is 12.3. The van der Waals surface area contributed by atoms with Gasteiger partial charge in [-0.25, -0.2) is 8.78 Å². The van der Waals surface area contributed by atoms with Crippen LogP contribution in [0.2, 0.25) is 0 Å². The maximum atomic E-state index is 16.9. The first kappa shape index (κ1) is 30.6. The van der Waals surface area contributed by atoms with E-state index in [-0.39, 0.29) is 45.5 Å². The maximum Gasteiger partial charge on any atom is 0.319 e. The Morgan fingerprint density at radius 2 is 1.96 bits per heavy atom. The minimum Gasteiger partial charge on any atom is -0.508 e. The molecule has 46 heavy (non-hydrogen) atoms. The molecule has 240 valence electrons. The fraction of sp³-hybridized carbons (Fsp3) is 0.444.